The number of hydrogen-bond acceptors (Lipinski definition) is 6. The van der Waals surface area contributed by atoms with E-state index in [1.807, 2.05) is 158 Å². The van der Waals surface area contributed by atoms with E-state index in [0.717, 1.165) is 67.5 Å². The van der Waals surface area contributed by atoms with Gasteiger partial charge in [0.05, 0.1) is 0 Å². The Balaban J connectivity index is 0.000000206. The Morgan fingerprint density at radius 1 is 0.224 bits per heavy atom. The molecule has 0 aliphatic rings. The van der Waals surface area contributed by atoms with Gasteiger partial charge in [-0.2, -0.15) is 0 Å². The van der Waals surface area contributed by atoms with Gasteiger partial charge < -0.3 is 29.9 Å². The first kappa shape index (κ1) is 102. The van der Waals surface area contributed by atoms with Gasteiger partial charge in [-0.25, -0.2) is 0 Å². The van der Waals surface area contributed by atoms with Crippen LogP contribution in [0.15, 0.2) is 365 Å². The van der Waals surface area contributed by atoms with Crippen LogP contribution in [-0.2, 0) is 111 Å². The maximum absolute atomic E-state index is 4.62. The third-order valence-electron chi connectivity index (χ3n) is 20.5. The van der Waals surface area contributed by atoms with Crippen LogP contribution in [0.4, 0.5) is 0 Å². The van der Waals surface area contributed by atoms with Crippen molar-refractivity contribution in [2.45, 2.75) is 120 Å². The fraction of sp³-hybridized carbons (Fsp3) is 0.158. The molecule has 0 bridgehead atoms. The predicted octanol–water partition coefficient (Wildman–Crippen LogP) is 29.7. The number of aromatic nitrogens is 6. The standard InChI is InChI=1S/C23H24N.2C21H20N.2C19H16N.C11H8N.5Ir/c1-16(2)20-13-21(17(3)4)15-22(14-20)18-8-7-9-19(12-18)23-10-5-6-11-24-23;1-21(2,3)19-12-13-22-20(15-19)18-11-7-10-17(14-18)16-8-5-4-6-9-16;1-21(2,3)19-12-13-20(22-15-19)18-11-7-10-17(14-18)16-8-5-4-6-9-16;1-14-10-15(2)12-18(11-14)16-6-5-7-17(13-16)19-8-3-4-9-20-19;1-14-11-19(20-13-15(14)2)18-10-6-9-17(12-18)16-7-4-3-5-8-16;1-2-6-10(7-3-1)11-8-4-5-9-12-11;;;;;/h5-8,10-17H,1-4H3;2*4-10,12-15H,1-3H3;3-6,8-13H,1-2H3;3-9,11-13H,1-2H3;1-6,8-9H;;;;;/q6*-1;;;;;. The summed E-state index contributed by atoms with van der Waals surface area (Å²) in [6, 6.07) is 132. The second-order valence-electron chi connectivity index (χ2n) is 32.6. The largest absolute Gasteiger partial charge is 0.305 e. The fourth-order valence-corrected chi connectivity index (χ4v) is 13.4. The van der Waals surface area contributed by atoms with Crippen molar-refractivity contribution in [2.24, 2.45) is 0 Å². The van der Waals surface area contributed by atoms with E-state index in [2.05, 4.69) is 363 Å². The van der Waals surface area contributed by atoms with E-state index >= 15 is 0 Å². The van der Waals surface area contributed by atoms with E-state index in [0.29, 0.717) is 11.8 Å². The first-order valence-electron chi connectivity index (χ1n) is 41.1. The molecule has 125 heavy (non-hydrogen) atoms. The van der Waals surface area contributed by atoms with Crippen molar-refractivity contribution in [3.63, 3.8) is 0 Å². The van der Waals surface area contributed by atoms with Gasteiger partial charge in [0.1, 0.15) is 0 Å². The maximum Gasteiger partial charge on any atom is 0.0198 e. The smallest absolute Gasteiger partial charge is 0.0198 e. The molecule has 6 nitrogen and oxygen atoms in total. The molecule has 6 heterocycles. The minimum Gasteiger partial charge on any atom is -0.305 e. The zero-order chi connectivity index (χ0) is 84.4. The number of benzene rings is 11. The average molecular weight is 2520 g/mol. The zero-order valence-electron chi connectivity index (χ0n) is 73.1. The molecule has 0 unspecified atom stereocenters. The van der Waals surface area contributed by atoms with E-state index < -0.39 is 0 Å². The van der Waals surface area contributed by atoms with Crippen LogP contribution in [0.1, 0.15) is 126 Å². The van der Waals surface area contributed by atoms with Crippen LogP contribution in [0.5, 0.6) is 0 Å². The Kier molecular flexibility index (Phi) is 40.7. The Morgan fingerprint density at radius 2 is 0.560 bits per heavy atom. The molecule has 0 spiro atoms. The fourth-order valence-electron chi connectivity index (χ4n) is 13.4. The number of rotatable bonds is 13. The third kappa shape index (κ3) is 30.1. The molecule has 0 aliphatic heterocycles. The van der Waals surface area contributed by atoms with Gasteiger partial charge in [-0.1, -0.05) is 274 Å². The summed E-state index contributed by atoms with van der Waals surface area (Å²) in [5, 5.41) is 0. The molecule has 0 N–H and O–H groups in total. The van der Waals surface area contributed by atoms with E-state index in [-0.39, 0.29) is 111 Å². The van der Waals surface area contributed by atoms with Crippen LogP contribution in [0.2, 0.25) is 0 Å². The van der Waals surface area contributed by atoms with Gasteiger partial charge in [-0.05, 0) is 164 Å². The van der Waals surface area contributed by atoms with Crippen molar-refractivity contribution in [3.8, 4) is 123 Å². The minimum absolute atomic E-state index is 0. The molecular formula is C114H104Ir5N6-6. The van der Waals surface area contributed by atoms with Crippen molar-refractivity contribution in [1.82, 2.24) is 29.9 Å². The summed E-state index contributed by atoms with van der Waals surface area (Å²) in [6.45, 7) is 30.7. The molecular weight excluding hydrogens is 2410 g/mol. The summed E-state index contributed by atoms with van der Waals surface area (Å²) in [6.07, 6.45) is 11.2. The first-order valence-corrected chi connectivity index (χ1v) is 41.1. The molecule has 0 aliphatic carbocycles. The molecule has 0 fully saturated rings. The van der Waals surface area contributed by atoms with Gasteiger partial charge >= 0.3 is 0 Å². The summed E-state index contributed by atoms with van der Waals surface area (Å²) < 4.78 is 0. The van der Waals surface area contributed by atoms with Crippen LogP contribution >= 0.6 is 0 Å². The minimum atomic E-state index is 0. The Hall–Kier alpha value is -10.4. The SMILES string of the molecule is CC(C)(C)c1ccc(-c2[c-]ccc(-c3ccccc3)c2)nc1.CC(C)(C)c1ccnc(-c2[c-]ccc(-c3ccccc3)c2)c1.CC(C)c1cc(-c2cc[c-]c(-c3ccccn3)c2)cc(C(C)C)c1.Cc1cc(C)cc(-c2cc[c-]c(-c3ccccn3)c2)c1.Cc1cnc(-c2[c-]ccc(-c3ccccc3)c2)cc1C.[Ir].[Ir].[Ir].[Ir].[Ir].[c-]1ccccc1-c1ccccn1. The number of nitrogens with zero attached hydrogens (tertiary/aromatic N) is 6. The Bertz CT molecular complexity index is 6000. The van der Waals surface area contributed by atoms with Crippen LogP contribution in [0, 0.1) is 64.1 Å². The Labute approximate surface area is 811 Å². The van der Waals surface area contributed by atoms with Crippen LogP contribution in [0.25, 0.3) is 123 Å². The van der Waals surface area contributed by atoms with E-state index in [4.69, 9.17) is 0 Å². The number of aryl methyl sites for hydroxylation is 4. The summed E-state index contributed by atoms with van der Waals surface area (Å²) in [4.78, 5) is 26.7. The molecule has 641 valence electrons. The van der Waals surface area contributed by atoms with Crippen LogP contribution in [0.3, 0.4) is 0 Å². The summed E-state index contributed by atoms with van der Waals surface area (Å²) >= 11 is 0. The topological polar surface area (TPSA) is 77.3 Å². The maximum atomic E-state index is 4.62. The van der Waals surface area contributed by atoms with Crippen molar-refractivity contribution >= 4 is 0 Å². The number of pyridine rings is 6. The van der Waals surface area contributed by atoms with E-state index in [1.54, 1.807) is 6.20 Å². The summed E-state index contributed by atoms with van der Waals surface area (Å²) in [5.41, 5.74) is 34.8. The molecule has 5 radical (unpaired) electrons. The van der Waals surface area contributed by atoms with Crippen molar-refractivity contribution < 1.29 is 101 Å². The molecule has 17 rings (SSSR count). The Morgan fingerprint density at radius 3 is 0.912 bits per heavy atom. The molecule has 17 aromatic rings. The normalized spacial score (nSPS) is 10.5. The second kappa shape index (κ2) is 50.0. The molecule has 11 aromatic carbocycles. The van der Waals surface area contributed by atoms with Crippen molar-refractivity contribution in [2.75, 3.05) is 0 Å². The van der Waals surface area contributed by atoms with Gasteiger partial charge in [0.2, 0.25) is 0 Å². The molecule has 0 saturated heterocycles. The monoisotopic (exact) mass is 2520 g/mol. The van der Waals surface area contributed by atoms with Crippen molar-refractivity contribution in [3.05, 3.63) is 446 Å². The van der Waals surface area contributed by atoms with Gasteiger partial charge in [0.15, 0.2) is 0 Å². The van der Waals surface area contributed by atoms with Crippen LogP contribution < -0.4 is 0 Å². The van der Waals surface area contributed by atoms with Gasteiger partial charge in [-0.15, -0.1) is 213 Å². The van der Waals surface area contributed by atoms with Gasteiger partial charge in [0, 0.05) is 138 Å². The van der Waals surface area contributed by atoms with E-state index in [9.17, 15) is 0 Å². The average Bonchev–Trinajstić information content (AvgIpc) is 0.817. The number of hydrogen-bond donors (Lipinski definition) is 0. The molecule has 0 saturated carbocycles. The second-order valence-corrected chi connectivity index (χ2v) is 32.6. The van der Waals surface area contributed by atoms with E-state index in [1.165, 1.54) is 100 Å². The van der Waals surface area contributed by atoms with Crippen LogP contribution in [-0.4, -0.2) is 29.9 Å². The summed E-state index contributed by atoms with van der Waals surface area (Å²) in [5.74, 6) is 1.04. The predicted molar refractivity (Wildman–Crippen MR) is 503 cm³/mol. The molecule has 11 heteroatoms. The third-order valence-corrected chi connectivity index (χ3v) is 20.5. The first-order chi connectivity index (χ1) is 58.0. The van der Waals surface area contributed by atoms with Gasteiger partial charge in [-0.3, -0.25) is 0 Å². The van der Waals surface area contributed by atoms with Gasteiger partial charge in [0.25, 0.3) is 0 Å². The summed E-state index contributed by atoms with van der Waals surface area (Å²) in [7, 11) is 0. The quantitative estimate of drug-likeness (QED) is 0.107. The van der Waals surface area contributed by atoms with Crippen molar-refractivity contribution in [1.29, 1.82) is 0 Å². The molecule has 0 atom stereocenters. The zero-order valence-corrected chi connectivity index (χ0v) is 85.1. The molecule has 6 aromatic heterocycles. The molecule has 0 amide bonds.